The number of aromatic nitrogens is 2. The summed E-state index contributed by atoms with van der Waals surface area (Å²) < 4.78 is 7.54. The smallest absolute Gasteiger partial charge is 0.266 e. The van der Waals surface area contributed by atoms with Gasteiger partial charge in [0, 0.05) is 31.2 Å². The topological polar surface area (TPSA) is 67.7 Å². The summed E-state index contributed by atoms with van der Waals surface area (Å²) in [5.74, 6) is 1.13. The van der Waals surface area contributed by atoms with Gasteiger partial charge in [0.25, 0.3) is 11.5 Å². The summed E-state index contributed by atoms with van der Waals surface area (Å²) in [6.07, 6.45) is 0. The van der Waals surface area contributed by atoms with Gasteiger partial charge in [-0.1, -0.05) is 47.5 Å². The minimum absolute atomic E-state index is 0.120. The van der Waals surface area contributed by atoms with Gasteiger partial charge in [-0.2, -0.15) is 0 Å². The Hall–Kier alpha value is -3.39. The van der Waals surface area contributed by atoms with E-state index in [0.29, 0.717) is 76.6 Å². The van der Waals surface area contributed by atoms with Crippen LogP contribution in [-0.4, -0.2) is 58.0 Å². The Labute approximate surface area is 231 Å². The van der Waals surface area contributed by atoms with Crippen molar-refractivity contribution in [1.82, 2.24) is 19.4 Å². The molecule has 0 N–H and O–H groups in total. The van der Waals surface area contributed by atoms with Crippen LogP contribution >= 0.6 is 23.2 Å². The van der Waals surface area contributed by atoms with Gasteiger partial charge in [-0.05, 0) is 56.3 Å². The fourth-order valence-electron chi connectivity index (χ4n) is 4.89. The van der Waals surface area contributed by atoms with Gasteiger partial charge in [-0.25, -0.2) is 4.98 Å². The maximum absolute atomic E-state index is 13.8. The number of hydrogen-bond donors (Lipinski definition) is 0. The van der Waals surface area contributed by atoms with E-state index in [9.17, 15) is 9.59 Å². The molecule has 1 amide bonds. The highest BCUT2D eigenvalue weighted by Crippen LogP contribution is 2.29. The van der Waals surface area contributed by atoms with Crippen molar-refractivity contribution in [2.45, 2.75) is 19.9 Å². The first-order valence-corrected chi connectivity index (χ1v) is 13.4. The molecule has 1 unspecified atom stereocenters. The molecule has 4 aromatic rings. The molecular formula is C29H28Cl2N4O3. The molecule has 0 spiro atoms. The molecule has 0 saturated carbocycles. The molecule has 0 bridgehead atoms. The summed E-state index contributed by atoms with van der Waals surface area (Å²) in [5.41, 5.74) is 1.60. The zero-order valence-corrected chi connectivity index (χ0v) is 22.7. The van der Waals surface area contributed by atoms with Gasteiger partial charge in [-0.3, -0.25) is 19.1 Å². The Morgan fingerprint density at radius 1 is 1.00 bits per heavy atom. The summed E-state index contributed by atoms with van der Waals surface area (Å²) in [6.45, 7) is 6.72. The Bertz CT molecular complexity index is 1550. The molecule has 196 valence electrons. The van der Waals surface area contributed by atoms with E-state index >= 15 is 0 Å². The molecule has 2 heterocycles. The van der Waals surface area contributed by atoms with Gasteiger partial charge in [0.2, 0.25) is 0 Å². The Balaban J connectivity index is 1.47. The third-order valence-corrected chi connectivity index (χ3v) is 7.44. The van der Waals surface area contributed by atoms with E-state index in [1.165, 1.54) is 0 Å². The average Bonchev–Trinajstić information content (AvgIpc) is 2.93. The molecule has 1 aromatic heterocycles. The molecule has 1 aliphatic rings. The lowest BCUT2D eigenvalue weighted by Gasteiger charge is -2.38. The highest BCUT2D eigenvalue weighted by Gasteiger charge is 2.29. The number of amides is 1. The van der Waals surface area contributed by atoms with Crippen molar-refractivity contribution in [1.29, 1.82) is 0 Å². The quantitative estimate of drug-likeness (QED) is 0.312. The minimum Gasteiger partial charge on any atom is -0.492 e. The molecule has 1 aliphatic heterocycles. The predicted molar refractivity (Wildman–Crippen MR) is 151 cm³/mol. The van der Waals surface area contributed by atoms with Crippen LogP contribution in [-0.2, 0) is 0 Å². The number of para-hydroxylation sites is 3. The van der Waals surface area contributed by atoms with Crippen molar-refractivity contribution in [3.8, 4) is 11.4 Å². The second-order valence-electron chi connectivity index (χ2n) is 9.16. The Kier molecular flexibility index (Phi) is 7.70. The van der Waals surface area contributed by atoms with Crippen molar-refractivity contribution in [3.05, 3.63) is 98.5 Å². The summed E-state index contributed by atoms with van der Waals surface area (Å²) in [6, 6.07) is 19.6. The van der Waals surface area contributed by atoms with Crippen LogP contribution < -0.4 is 10.3 Å². The summed E-state index contributed by atoms with van der Waals surface area (Å²) in [4.78, 5) is 35.9. The van der Waals surface area contributed by atoms with Crippen LogP contribution in [0.25, 0.3) is 16.6 Å². The molecule has 1 fully saturated rings. The second-order valence-corrected chi connectivity index (χ2v) is 10.0. The largest absolute Gasteiger partial charge is 0.492 e. The number of carbonyl (C=O) groups is 1. The second kappa shape index (κ2) is 11.2. The third kappa shape index (κ3) is 5.01. The van der Waals surface area contributed by atoms with Crippen LogP contribution in [0.2, 0.25) is 10.0 Å². The maximum Gasteiger partial charge on any atom is 0.266 e. The van der Waals surface area contributed by atoms with E-state index in [-0.39, 0.29) is 17.5 Å². The highest BCUT2D eigenvalue weighted by molar-refractivity contribution is 6.36. The molecule has 0 radical (unpaired) electrons. The van der Waals surface area contributed by atoms with Crippen LogP contribution in [0.4, 0.5) is 0 Å². The molecule has 38 heavy (non-hydrogen) atoms. The lowest BCUT2D eigenvalue weighted by atomic mass is 10.1. The van der Waals surface area contributed by atoms with Crippen molar-refractivity contribution in [2.75, 3.05) is 32.8 Å². The number of halogens is 2. The standard InChI is InChI=1S/C29H28Cl2N4O3/c1-3-38-26-11-7-6-10-25(26)35-27(32-24-9-5-4-8-22(24)29(35)37)19(2)33-14-16-34(17-15-33)28(36)21-13-12-20(30)18-23(21)31/h4-13,18-19H,3,14-17H2,1-2H3. The van der Waals surface area contributed by atoms with E-state index < -0.39 is 0 Å². The number of benzene rings is 3. The van der Waals surface area contributed by atoms with E-state index in [0.717, 1.165) is 0 Å². The van der Waals surface area contributed by atoms with Gasteiger partial charge < -0.3 is 9.64 Å². The number of carbonyl (C=O) groups excluding carboxylic acids is 1. The van der Waals surface area contributed by atoms with Gasteiger partial charge >= 0.3 is 0 Å². The number of rotatable bonds is 6. The molecule has 3 aromatic carbocycles. The summed E-state index contributed by atoms with van der Waals surface area (Å²) in [5, 5.41) is 1.38. The first-order chi connectivity index (χ1) is 18.4. The van der Waals surface area contributed by atoms with Gasteiger partial charge in [0.05, 0.1) is 39.8 Å². The Morgan fingerprint density at radius 3 is 2.45 bits per heavy atom. The lowest BCUT2D eigenvalue weighted by Crippen LogP contribution is -2.50. The fourth-order valence-corrected chi connectivity index (χ4v) is 5.38. The Morgan fingerprint density at radius 2 is 1.71 bits per heavy atom. The number of hydrogen-bond acceptors (Lipinski definition) is 5. The van der Waals surface area contributed by atoms with Gasteiger partial charge in [-0.15, -0.1) is 0 Å². The van der Waals surface area contributed by atoms with Crippen molar-refractivity contribution >= 4 is 40.0 Å². The highest BCUT2D eigenvalue weighted by atomic mass is 35.5. The SMILES string of the molecule is CCOc1ccccc1-n1c(C(C)N2CCN(C(=O)c3ccc(Cl)cc3Cl)CC2)nc2ccccc2c1=O. The van der Waals surface area contributed by atoms with Crippen molar-refractivity contribution < 1.29 is 9.53 Å². The molecule has 9 heteroatoms. The van der Waals surface area contributed by atoms with Gasteiger partial charge in [0.1, 0.15) is 11.6 Å². The number of ether oxygens (including phenoxy) is 1. The van der Waals surface area contributed by atoms with Crippen molar-refractivity contribution in [2.24, 2.45) is 0 Å². The molecule has 0 aliphatic carbocycles. The fraction of sp³-hybridized carbons (Fsp3) is 0.276. The van der Waals surface area contributed by atoms with Crippen LogP contribution in [0.15, 0.2) is 71.5 Å². The minimum atomic E-state index is -0.196. The molecule has 1 saturated heterocycles. The average molecular weight is 551 g/mol. The van der Waals surface area contributed by atoms with E-state index in [1.807, 2.05) is 56.3 Å². The molecule has 7 nitrogen and oxygen atoms in total. The number of fused-ring (bicyclic) bond motifs is 1. The van der Waals surface area contributed by atoms with E-state index in [1.54, 1.807) is 33.7 Å². The lowest BCUT2D eigenvalue weighted by molar-refractivity contribution is 0.0573. The predicted octanol–water partition coefficient (Wildman–Crippen LogP) is 5.61. The van der Waals surface area contributed by atoms with Gasteiger partial charge in [0.15, 0.2) is 0 Å². The summed E-state index contributed by atoms with van der Waals surface area (Å²) >= 11 is 12.3. The molecule has 5 rings (SSSR count). The van der Waals surface area contributed by atoms with Crippen LogP contribution in [0.5, 0.6) is 5.75 Å². The van der Waals surface area contributed by atoms with Crippen molar-refractivity contribution in [3.63, 3.8) is 0 Å². The van der Waals surface area contributed by atoms with Crippen LogP contribution in [0.1, 0.15) is 36.1 Å². The molecular weight excluding hydrogens is 523 g/mol. The zero-order valence-electron chi connectivity index (χ0n) is 21.2. The number of piperazine rings is 1. The maximum atomic E-state index is 13.8. The summed E-state index contributed by atoms with van der Waals surface area (Å²) in [7, 11) is 0. The first kappa shape index (κ1) is 26.2. The monoisotopic (exact) mass is 550 g/mol. The first-order valence-electron chi connectivity index (χ1n) is 12.6. The van der Waals surface area contributed by atoms with E-state index in [4.69, 9.17) is 32.9 Å². The van der Waals surface area contributed by atoms with Crippen LogP contribution in [0.3, 0.4) is 0 Å². The third-order valence-electron chi connectivity index (χ3n) is 6.89. The van der Waals surface area contributed by atoms with E-state index in [2.05, 4.69) is 4.90 Å². The molecule has 1 atom stereocenters. The number of nitrogens with zero attached hydrogens (tertiary/aromatic N) is 4. The zero-order chi connectivity index (χ0) is 26.8. The van der Waals surface area contributed by atoms with Crippen LogP contribution in [0, 0.1) is 0 Å². The normalized spacial score (nSPS) is 15.0.